The van der Waals surface area contributed by atoms with Crippen LogP contribution in [0.1, 0.15) is 83.6 Å². The molecule has 0 saturated heterocycles. The zero-order valence-corrected chi connectivity index (χ0v) is 29.1. The number of phosphoric acid groups is 1. The first-order valence-corrected chi connectivity index (χ1v) is 14.7. The summed E-state index contributed by atoms with van der Waals surface area (Å²) in [6.07, 6.45) is 6.24. The molecule has 2 rings (SSSR count). The van der Waals surface area contributed by atoms with Crippen LogP contribution in [0.2, 0.25) is 0 Å². The molecule has 214 valence electrons. The van der Waals surface area contributed by atoms with Crippen LogP contribution in [0.25, 0.3) is 0 Å². The van der Waals surface area contributed by atoms with Gasteiger partial charge in [0.05, 0.1) is 13.9 Å². The molecule has 0 aliphatic rings. The van der Waals surface area contributed by atoms with Crippen molar-refractivity contribution in [2.45, 2.75) is 96.2 Å². The molecule has 0 aromatic heterocycles. The Hall–Kier alpha value is 0.150. The molecule has 2 aromatic carbocycles. The van der Waals surface area contributed by atoms with Gasteiger partial charge in [0.15, 0.2) is 5.75 Å². The van der Waals surface area contributed by atoms with Gasteiger partial charge in [-0.1, -0.05) is 101 Å². The zero-order valence-electron chi connectivity index (χ0n) is 24.2. The molecular weight excluding hydrogens is 561 g/mol. The summed E-state index contributed by atoms with van der Waals surface area (Å²) in [7, 11) is -5.31. The standard InChI is InChI=1S/C27H41O10P.2Na/c1-3-5-21-26(32-38(28,29)30)27(22-6-4-2,23-15-9-12-18-24-16-10-7-11-17-24)33-35-37-36-34-31-25-19-13-8-14-20-25;;/h7-8,10-11,13-14,16-17,19-20,26H,3-6,9,12,15,18,21-23H2,1-2H3,(H2,28,29,30);;/q;2*+1/p-2. The van der Waals surface area contributed by atoms with E-state index in [1.807, 2.05) is 32.0 Å². The molecule has 2 unspecified atom stereocenters. The first kappa shape index (κ1) is 40.1. The average Bonchev–Trinajstić information content (AvgIpc) is 2.91. The molecule has 10 nitrogen and oxygen atoms in total. The van der Waals surface area contributed by atoms with Gasteiger partial charge in [0.1, 0.15) is 5.60 Å². The number of rotatable bonds is 22. The fraction of sp³-hybridized carbons (Fsp3) is 0.556. The van der Waals surface area contributed by atoms with E-state index < -0.39 is 19.5 Å². The maximum absolute atomic E-state index is 11.7. The molecule has 0 fully saturated rings. The maximum atomic E-state index is 11.7. The number of para-hydroxylation sites is 1. The Labute approximate surface area is 281 Å². The van der Waals surface area contributed by atoms with Crippen molar-refractivity contribution in [2.24, 2.45) is 0 Å². The van der Waals surface area contributed by atoms with Gasteiger partial charge in [0, 0.05) is 10.1 Å². The van der Waals surface area contributed by atoms with Crippen LogP contribution in [0.5, 0.6) is 5.75 Å². The Morgan fingerprint density at radius 3 is 1.98 bits per heavy atom. The van der Waals surface area contributed by atoms with Gasteiger partial charge < -0.3 is 23.8 Å². The summed E-state index contributed by atoms with van der Waals surface area (Å²) < 4.78 is 16.7. The molecule has 0 saturated carbocycles. The third kappa shape index (κ3) is 17.3. The van der Waals surface area contributed by atoms with Crippen molar-refractivity contribution >= 4 is 7.82 Å². The van der Waals surface area contributed by atoms with E-state index >= 15 is 0 Å². The molecule has 0 spiro atoms. The minimum atomic E-state index is -5.31. The second-order valence-corrected chi connectivity index (χ2v) is 10.3. The van der Waals surface area contributed by atoms with E-state index in [0.29, 0.717) is 37.9 Å². The van der Waals surface area contributed by atoms with Gasteiger partial charge in [-0.3, -0.25) is 0 Å². The molecule has 0 bridgehead atoms. The number of hydrogen-bond acceptors (Lipinski definition) is 10. The Morgan fingerprint density at radius 1 is 0.750 bits per heavy atom. The van der Waals surface area contributed by atoms with Gasteiger partial charge in [-0.25, -0.2) is 0 Å². The molecule has 40 heavy (non-hydrogen) atoms. The summed E-state index contributed by atoms with van der Waals surface area (Å²) in [5, 5.41) is 18.2. The molecule has 0 radical (unpaired) electrons. The number of phosphoric ester groups is 1. The van der Waals surface area contributed by atoms with Gasteiger partial charge in [0.2, 0.25) is 0 Å². The van der Waals surface area contributed by atoms with Crippen LogP contribution in [0.3, 0.4) is 0 Å². The van der Waals surface area contributed by atoms with Crippen LogP contribution in [-0.4, -0.2) is 11.7 Å². The Balaban J connectivity index is 0.00000760. The van der Waals surface area contributed by atoms with Crippen molar-refractivity contribution in [3.05, 3.63) is 66.2 Å². The van der Waals surface area contributed by atoms with Crippen molar-refractivity contribution in [3.63, 3.8) is 0 Å². The number of unbranched alkanes of at least 4 members (excludes halogenated alkanes) is 4. The Kier molecular flexibility index (Phi) is 23.7. The Bertz CT molecular complexity index is 907. The van der Waals surface area contributed by atoms with Crippen molar-refractivity contribution in [1.29, 1.82) is 0 Å². The number of hydrogen-bond donors (Lipinski definition) is 0. The van der Waals surface area contributed by atoms with Gasteiger partial charge >= 0.3 is 59.1 Å². The van der Waals surface area contributed by atoms with E-state index in [2.05, 4.69) is 27.2 Å². The monoisotopic (exact) mass is 600 g/mol. The molecule has 0 N–H and O–H groups in total. The van der Waals surface area contributed by atoms with Crippen molar-refractivity contribution in [3.8, 4) is 5.75 Å². The predicted octanol–water partition coefficient (Wildman–Crippen LogP) is -0.132. The molecular formula is C27H39Na2O10P. The zero-order chi connectivity index (χ0) is 27.5. The third-order valence-corrected chi connectivity index (χ3v) is 6.69. The van der Waals surface area contributed by atoms with Crippen LogP contribution in [0.4, 0.5) is 0 Å². The summed E-state index contributed by atoms with van der Waals surface area (Å²) in [6.45, 7) is 3.95. The summed E-state index contributed by atoms with van der Waals surface area (Å²) >= 11 is 0. The minimum absolute atomic E-state index is 0. The van der Waals surface area contributed by atoms with Crippen LogP contribution >= 0.6 is 7.82 Å². The van der Waals surface area contributed by atoms with Crippen LogP contribution < -0.4 is 73.8 Å². The smallest absolute Gasteiger partial charge is 0.790 e. The second kappa shape index (κ2) is 23.6. The van der Waals surface area contributed by atoms with E-state index in [1.165, 1.54) is 5.56 Å². The normalized spacial score (nSPS) is 13.5. The average molecular weight is 601 g/mol. The van der Waals surface area contributed by atoms with Gasteiger partial charge in [-0.05, 0) is 59.9 Å². The summed E-state index contributed by atoms with van der Waals surface area (Å²) in [5.74, 6) is 0.361. The number of aryl methyl sites for hydroxylation is 1. The summed E-state index contributed by atoms with van der Waals surface area (Å²) in [6, 6.07) is 18.7. The second-order valence-electron chi connectivity index (χ2n) is 9.15. The minimum Gasteiger partial charge on any atom is -0.790 e. The molecule has 0 heterocycles. The van der Waals surface area contributed by atoms with E-state index in [1.54, 1.807) is 30.3 Å². The van der Waals surface area contributed by atoms with Crippen LogP contribution in [-0.2, 0) is 40.6 Å². The molecule has 2 atom stereocenters. The molecule has 13 heteroatoms. The predicted molar refractivity (Wildman–Crippen MR) is 135 cm³/mol. The topological polar surface area (TPSA) is 128 Å². The SMILES string of the molecule is CCCCC(OP(=O)([O-])[O-])C(CCCC)(CCCCCc1ccccc1)OOOOOOc1ccccc1.[Na+].[Na+]. The molecule has 0 amide bonds. The quantitative estimate of drug-likeness (QED) is 0.0593. The van der Waals surface area contributed by atoms with E-state index in [0.717, 1.165) is 32.1 Å². The van der Waals surface area contributed by atoms with Crippen LogP contribution in [0, 0.1) is 0 Å². The van der Waals surface area contributed by atoms with E-state index in [-0.39, 0.29) is 65.5 Å². The Morgan fingerprint density at radius 2 is 1.35 bits per heavy atom. The fourth-order valence-electron chi connectivity index (χ4n) is 4.23. The van der Waals surface area contributed by atoms with E-state index in [9.17, 15) is 14.4 Å². The van der Waals surface area contributed by atoms with E-state index in [4.69, 9.17) is 19.3 Å². The van der Waals surface area contributed by atoms with Crippen LogP contribution in [0.15, 0.2) is 60.7 Å². The number of benzene rings is 2. The van der Waals surface area contributed by atoms with Gasteiger partial charge in [-0.15, -0.1) is 0 Å². The molecule has 0 aliphatic heterocycles. The maximum Gasteiger partial charge on any atom is 1.00 e. The third-order valence-electron chi connectivity index (χ3n) is 6.18. The fourth-order valence-corrected chi connectivity index (χ4v) is 4.83. The largest absolute Gasteiger partial charge is 1.00 e. The van der Waals surface area contributed by atoms with Gasteiger partial charge in [0.25, 0.3) is 0 Å². The van der Waals surface area contributed by atoms with Crippen molar-refractivity contribution in [2.75, 3.05) is 0 Å². The summed E-state index contributed by atoms with van der Waals surface area (Å²) in [4.78, 5) is 33.9. The summed E-state index contributed by atoms with van der Waals surface area (Å²) in [5.41, 5.74) is -0.0260. The molecule has 2 aromatic rings. The van der Waals surface area contributed by atoms with Crippen molar-refractivity contribution < 1.29 is 108 Å². The molecule has 0 aliphatic carbocycles. The first-order chi connectivity index (χ1) is 18.4. The van der Waals surface area contributed by atoms with Crippen molar-refractivity contribution in [1.82, 2.24) is 0 Å². The van der Waals surface area contributed by atoms with Gasteiger partial charge in [-0.2, -0.15) is 4.89 Å². The first-order valence-electron chi connectivity index (χ1n) is 13.2.